The molecule has 170 valence electrons. The van der Waals surface area contributed by atoms with Crippen LogP contribution < -0.4 is 11.5 Å². The first-order valence-corrected chi connectivity index (χ1v) is 12.9. The summed E-state index contributed by atoms with van der Waals surface area (Å²) in [6.07, 6.45) is 22.5. The van der Waals surface area contributed by atoms with Crippen molar-refractivity contribution in [2.45, 2.75) is 153 Å². The normalized spacial score (nSPS) is 27.7. The third kappa shape index (κ3) is 9.38. The summed E-state index contributed by atoms with van der Waals surface area (Å²) in [6, 6.07) is 1.52. The van der Waals surface area contributed by atoms with E-state index in [9.17, 15) is 4.79 Å². The van der Waals surface area contributed by atoms with E-state index in [1.165, 1.54) is 57.8 Å². The Morgan fingerprint density at radius 1 is 0.655 bits per heavy atom. The first-order valence-electron chi connectivity index (χ1n) is 12.9. The highest BCUT2D eigenvalue weighted by Crippen LogP contribution is 2.30. The summed E-state index contributed by atoms with van der Waals surface area (Å²) < 4.78 is 0. The van der Waals surface area contributed by atoms with Crippen molar-refractivity contribution in [3.63, 3.8) is 0 Å². The molecule has 4 nitrogen and oxygen atoms in total. The maximum Gasteiger partial charge on any atom is 0.223 e. The molecule has 0 bridgehead atoms. The minimum atomic E-state index is 0.338. The van der Waals surface area contributed by atoms with Crippen LogP contribution in [0.1, 0.15) is 129 Å². The Morgan fingerprint density at radius 3 is 1.45 bits per heavy atom. The molecule has 2 aliphatic carbocycles. The molecule has 0 heterocycles. The molecule has 2 saturated carbocycles. The van der Waals surface area contributed by atoms with Crippen LogP contribution >= 0.6 is 0 Å². The minimum Gasteiger partial charge on any atom is -0.337 e. The quantitative estimate of drug-likeness (QED) is 0.387. The predicted octanol–water partition coefficient (Wildman–Crippen LogP) is 5.67. The Labute approximate surface area is 180 Å². The van der Waals surface area contributed by atoms with Crippen molar-refractivity contribution >= 4 is 5.91 Å². The van der Waals surface area contributed by atoms with Crippen molar-refractivity contribution in [2.75, 3.05) is 0 Å². The number of unbranched alkanes of at least 4 members (excludes halogenated alkanes) is 9. The van der Waals surface area contributed by atoms with E-state index in [1.807, 2.05) is 0 Å². The second-order valence-electron chi connectivity index (χ2n) is 9.87. The number of carbonyl (C=O) groups excluding carboxylic acids is 1. The number of nitrogens with two attached hydrogens (primary N) is 2. The van der Waals surface area contributed by atoms with E-state index in [-0.39, 0.29) is 0 Å². The molecule has 4 N–H and O–H groups in total. The van der Waals surface area contributed by atoms with E-state index in [2.05, 4.69) is 11.8 Å². The van der Waals surface area contributed by atoms with Gasteiger partial charge in [-0.05, 0) is 57.8 Å². The van der Waals surface area contributed by atoms with E-state index in [0.29, 0.717) is 30.1 Å². The molecule has 2 rings (SSSR count). The Balaban J connectivity index is 1.68. The third-order valence-corrected chi connectivity index (χ3v) is 7.30. The van der Waals surface area contributed by atoms with Gasteiger partial charge < -0.3 is 16.4 Å². The van der Waals surface area contributed by atoms with Crippen LogP contribution in [-0.4, -0.2) is 35.0 Å². The molecule has 0 aromatic rings. The molecule has 0 aliphatic heterocycles. The highest BCUT2D eigenvalue weighted by atomic mass is 16.2. The van der Waals surface area contributed by atoms with Gasteiger partial charge >= 0.3 is 0 Å². The van der Waals surface area contributed by atoms with Crippen LogP contribution in [0.4, 0.5) is 0 Å². The van der Waals surface area contributed by atoms with Crippen molar-refractivity contribution in [1.29, 1.82) is 0 Å². The number of nitrogens with zero attached hydrogens (tertiary/aromatic N) is 1. The topological polar surface area (TPSA) is 72.3 Å². The van der Waals surface area contributed by atoms with Crippen LogP contribution in [0.3, 0.4) is 0 Å². The van der Waals surface area contributed by atoms with Crippen molar-refractivity contribution in [1.82, 2.24) is 4.90 Å². The molecule has 4 heteroatoms. The summed E-state index contributed by atoms with van der Waals surface area (Å²) in [5.74, 6) is 0.408. The lowest BCUT2D eigenvalue weighted by atomic mass is 9.85. The summed E-state index contributed by atoms with van der Waals surface area (Å²) in [6.45, 7) is 2.27. The van der Waals surface area contributed by atoms with Crippen LogP contribution in [0.15, 0.2) is 0 Å². The van der Waals surface area contributed by atoms with Gasteiger partial charge in [-0.3, -0.25) is 4.79 Å². The van der Waals surface area contributed by atoms with Gasteiger partial charge in [0, 0.05) is 30.6 Å². The second-order valence-corrected chi connectivity index (χ2v) is 9.87. The van der Waals surface area contributed by atoms with Crippen LogP contribution in [0, 0.1) is 0 Å². The molecule has 0 aromatic heterocycles. The second kappa shape index (κ2) is 14.4. The predicted molar refractivity (Wildman–Crippen MR) is 124 cm³/mol. The Morgan fingerprint density at radius 2 is 1.03 bits per heavy atom. The molecular formula is C25H49N3O. The molecule has 0 atom stereocenters. The average molecular weight is 408 g/mol. The largest absolute Gasteiger partial charge is 0.337 e. The maximum absolute atomic E-state index is 13.2. The van der Waals surface area contributed by atoms with E-state index in [4.69, 9.17) is 11.5 Å². The van der Waals surface area contributed by atoms with Gasteiger partial charge in [0.2, 0.25) is 5.91 Å². The van der Waals surface area contributed by atoms with Gasteiger partial charge in [0.25, 0.3) is 0 Å². The van der Waals surface area contributed by atoms with Crippen molar-refractivity contribution in [2.24, 2.45) is 11.5 Å². The van der Waals surface area contributed by atoms with Gasteiger partial charge in [-0.1, -0.05) is 64.7 Å². The molecule has 29 heavy (non-hydrogen) atoms. The number of hydrogen-bond acceptors (Lipinski definition) is 3. The first-order chi connectivity index (χ1) is 14.1. The summed E-state index contributed by atoms with van der Waals surface area (Å²) in [5, 5.41) is 0. The molecule has 2 fully saturated rings. The molecule has 1 amide bonds. The minimum absolute atomic E-state index is 0.338. The van der Waals surface area contributed by atoms with Gasteiger partial charge in [-0.25, -0.2) is 0 Å². The van der Waals surface area contributed by atoms with Crippen LogP contribution in [0.2, 0.25) is 0 Å². The fourth-order valence-corrected chi connectivity index (χ4v) is 5.36. The fourth-order valence-electron chi connectivity index (χ4n) is 5.36. The van der Waals surface area contributed by atoms with Crippen LogP contribution in [0.25, 0.3) is 0 Å². The zero-order valence-electron chi connectivity index (χ0n) is 19.3. The maximum atomic E-state index is 13.2. The summed E-state index contributed by atoms with van der Waals surface area (Å²) in [4.78, 5) is 15.5. The van der Waals surface area contributed by atoms with Gasteiger partial charge in [0.1, 0.15) is 0 Å². The van der Waals surface area contributed by atoms with Gasteiger partial charge in [-0.2, -0.15) is 0 Å². The van der Waals surface area contributed by atoms with Crippen molar-refractivity contribution in [3.05, 3.63) is 0 Å². The van der Waals surface area contributed by atoms with Gasteiger partial charge in [0.15, 0.2) is 0 Å². The smallest absolute Gasteiger partial charge is 0.223 e. The average Bonchev–Trinajstić information content (AvgIpc) is 2.72. The van der Waals surface area contributed by atoms with E-state index in [0.717, 1.165) is 64.2 Å². The Bertz CT molecular complexity index is 404. The number of carbonyl (C=O) groups is 1. The zero-order chi connectivity index (χ0) is 20.9. The standard InChI is InChI=1S/C25H49N3O/c1-2-3-4-5-6-7-8-9-10-11-12-25(29)28(23-17-13-21(26)14-18-23)24-19-15-22(27)16-20-24/h21-24H,2-20,26-27H2,1H3. The SMILES string of the molecule is CCCCCCCCCCCCC(=O)N(C1CCC(N)CC1)C1CCC(N)CC1. The lowest BCUT2D eigenvalue weighted by Crippen LogP contribution is -2.51. The summed E-state index contributed by atoms with van der Waals surface area (Å²) >= 11 is 0. The zero-order valence-corrected chi connectivity index (χ0v) is 19.3. The lowest BCUT2D eigenvalue weighted by Gasteiger charge is -2.43. The fraction of sp³-hybridized carbons (Fsp3) is 0.960. The molecular weight excluding hydrogens is 358 g/mol. The van der Waals surface area contributed by atoms with E-state index >= 15 is 0 Å². The molecule has 0 saturated heterocycles. The molecule has 0 radical (unpaired) electrons. The van der Waals surface area contributed by atoms with Crippen LogP contribution in [-0.2, 0) is 4.79 Å². The van der Waals surface area contributed by atoms with Crippen LogP contribution in [0.5, 0.6) is 0 Å². The number of hydrogen-bond donors (Lipinski definition) is 2. The summed E-state index contributed by atoms with van der Waals surface area (Å²) in [7, 11) is 0. The lowest BCUT2D eigenvalue weighted by molar-refractivity contribution is -0.138. The number of amides is 1. The molecule has 0 unspecified atom stereocenters. The van der Waals surface area contributed by atoms with Crippen molar-refractivity contribution in [3.8, 4) is 0 Å². The Hall–Kier alpha value is -0.610. The van der Waals surface area contributed by atoms with Gasteiger partial charge in [0.05, 0.1) is 0 Å². The summed E-state index contributed by atoms with van der Waals surface area (Å²) in [5.41, 5.74) is 12.2. The molecule has 0 aromatic carbocycles. The Kier molecular flexibility index (Phi) is 12.2. The number of rotatable bonds is 13. The van der Waals surface area contributed by atoms with E-state index < -0.39 is 0 Å². The van der Waals surface area contributed by atoms with Crippen molar-refractivity contribution < 1.29 is 4.79 Å². The van der Waals surface area contributed by atoms with Gasteiger partial charge in [-0.15, -0.1) is 0 Å². The monoisotopic (exact) mass is 407 g/mol. The highest BCUT2D eigenvalue weighted by Gasteiger charge is 2.34. The van der Waals surface area contributed by atoms with E-state index in [1.54, 1.807) is 0 Å². The third-order valence-electron chi connectivity index (χ3n) is 7.30. The highest BCUT2D eigenvalue weighted by molar-refractivity contribution is 5.77. The molecule has 0 spiro atoms. The first kappa shape index (κ1) is 24.7. The molecule has 2 aliphatic rings.